The van der Waals surface area contributed by atoms with Crippen LogP contribution >= 0.6 is 34.3 Å². The standard InChI is InChI=1S/C20H15ClN2O2S2/c1-12-6-7-15-17(8-12)27-20(22-15)23-19(24)18-9-13(11-26-18)10-25-16-5-3-2-4-14(16)21/h2-9,11H,10H2,1H3,(H,22,23,24). The molecule has 0 unspecified atom stereocenters. The summed E-state index contributed by atoms with van der Waals surface area (Å²) >= 11 is 8.94. The van der Waals surface area contributed by atoms with Crippen molar-refractivity contribution in [3.05, 3.63) is 74.9 Å². The Morgan fingerprint density at radius 1 is 1.22 bits per heavy atom. The number of thiophene rings is 1. The van der Waals surface area contributed by atoms with Gasteiger partial charge in [-0.3, -0.25) is 10.1 Å². The molecule has 0 fully saturated rings. The first kappa shape index (κ1) is 18.0. The molecule has 27 heavy (non-hydrogen) atoms. The van der Waals surface area contributed by atoms with Crippen molar-refractivity contribution in [2.45, 2.75) is 13.5 Å². The van der Waals surface area contributed by atoms with Gasteiger partial charge < -0.3 is 4.74 Å². The van der Waals surface area contributed by atoms with Crippen molar-refractivity contribution in [1.82, 2.24) is 4.98 Å². The van der Waals surface area contributed by atoms with Crippen LogP contribution in [0.3, 0.4) is 0 Å². The molecule has 4 nitrogen and oxygen atoms in total. The van der Waals surface area contributed by atoms with Gasteiger partial charge in [0.2, 0.25) is 0 Å². The molecule has 4 aromatic rings. The summed E-state index contributed by atoms with van der Waals surface area (Å²) in [7, 11) is 0. The summed E-state index contributed by atoms with van der Waals surface area (Å²) in [5.74, 6) is 0.459. The van der Waals surface area contributed by atoms with Gasteiger partial charge in [0.25, 0.3) is 5.91 Å². The van der Waals surface area contributed by atoms with Crippen LogP contribution in [-0.4, -0.2) is 10.9 Å². The van der Waals surface area contributed by atoms with Gasteiger partial charge in [-0.05, 0) is 48.2 Å². The molecule has 4 rings (SSSR count). The van der Waals surface area contributed by atoms with Gasteiger partial charge in [0.15, 0.2) is 5.13 Å². The van der Waals surface area contributed by atoms with Crippen LogP contribution in [0.15, 0.2) is 53.9 Å². The van der Waals surface area contributed by atoms with Crippen LogP contribution < -0.4 is 10.1 Å². The fourth-order valence-electron chi connectivity index (χ4n) is 2.54. The summed E-state index contributed by atoms with van der Waals surface area (Å²) in [5.41, 5.74) is 2.98. The Morgan fingerprint density at radius 2 is 2.07 bits per heavy atom. The fourth-order valence-corrected chi connectivity index (χ4v) is 4.48. The zero-order valence-corrected chi connectivity index (χ0v) is 16.8. The molecule has 136 valence electrons. The van der Waals surface area contributed by atoms with Gasteiger partial charge in [-0.2, -0.15) is 0 Å². The number of para-hydroxylation sites is 1. The van der Waals surface area contributed by atoms with Crippen molar-refractivity contribution in [2.75, 3.05) is 5.32 Å². The van der Waals surface area contributed by atoms with Crippen LogP contribution in [0.1, 0.15) is 20.8 Å². The van der Waals surface area contributed by atoms with Crippen molar-refractivity contribution in [2.24, 2.45) is 0 Å². The lowest BCUT2D eigenvalue weighted by Crippen LogP contribution is -2.09. The predicted octanol–water partition coefficient (Wildman–Crippen LogP) is 6.15. The van der Waals surface area contributed by atoms with Gasteiger partial charge in [-0.15, -0.1) is 11.3 Å². The van der Waals surface area contributed by atoms with Crippen LogP contribution in [0.5, 0.6) is 5.75 Å². The molecule has 0 aliphatic heterocycles. The monoisotopic (exact) mass is 414 g/mol. The molecular weight excluding hydrogens is 400 g/mol. The molecule has 0 spiro atoms. The first-order valence-corrected chi connectivity index (χ1v) is 10.3. The third-order valence-electron chi connectivity index (χ3n) is 3.87. The highest BCUT2D eigenvalue weighted by molar-refractivity contribution is 7.22. The highest BCUT2D eigenvalue weighted by Crippen LogP contribution is 2.28. The van der Waals surface area contributed by atoms with E-state index in [4.69, 9.17) is 16.3 Å². The molecule has 0 saturated heterocycles. The lowest BCUT2D eigenvalue weighted by Gasteiger charge is -2.05. The normalized spacial score (nSPS) is 10.9. The van der Waals surface area contributed by atoms with Gasteiger partial charge in [0, 0.05) is 5.56 Å². The van der Waals surface area contributed by atoms with Crippen LogP contribution in [0.4, 0.5) is 5.13 Å². The lowest BCUT2D eigenvalue weighted by molar-refractivity contribution is 0.103. The number of fused-ring (bicyclic) bond motifs is 1. The third kappa shape index (κ3) is 4.13. The first-order chi connectivity index (χ1) is 13.1. The Kier molecular flexibility index (Phi) is 5.11. The number of amides is 1. The van der Waals surface area contributed by atoms with Gasteiger partial charge >= 0.3 is 0 Å². The van der Waals surface area contributed by atoms with Crippen molar-refractivity contribution in [3.63, 3.8) is 0 Å². The Morgan fingerprint density at radius 3 is 2.93 bits per heavy atom. The molecular formula is C20H15ClN2O2S2. The molecule has 0 bridgehead atoms. The molecule has 2 aromatic carbocycles. The summed E-state index contributed by atoms with van der Waals surface area (Å²) in [6, 6.07) is 15.2. The average molecular weight is 415 g/mol. The third-order valence-corrected chi connectivity index (χ3v) is 6.10. The van der Waals surface area contributed by atoms with E-state index in [9.17, 15) is 4.79 Å². The Labute approximate surface area is 169 Å². The van der Waals surface area contributed by atoms with E-state index in [1.807, 2.05) is 48.7 Å². The van der Waals surface area contributed by atoms with E-state index in [-0.39, 0.29) is 5.91 Å². The zero-order chi connectivity index (χ0) is 18.8. The smallest absolute Gasteiger partial charge is 0.267 e. The zero-order valence-electron chi connectivity index (χ0n) is 14.4. The quantitative estimate of drug-likeness (QED) is 0.426. The second-order valence-electron chi connectivity index (χ2n) is 5.98. The Balaban J connectivity index is 1.42. The SMILES string of the molecule is Cc1ccc2nc(NC(=O)c3cc(COc4ccccc4Cl)cs3)sc2c1. The van der Waals surface area contributed by atoms with Crippen LogP contribution in [0.25, 0.3) is 10.2 Å². The molecule has 2 heterocycles. The van der Waals surface area contributed by atoms with E-state index < -0.39 is 0 Å². The average Bonchev–Trinajstić information content (AvgIpc) is 3.27. The minimum absolute atomic E-state index is 0.167. The Hall–Kier alpha value is -2.41. The highest BCUT2D eigenvalue weighted by Gasteiger charge is 2.13. The highest BCUT2D eigenvalue weighted by atomic mass is 35.5. The maximum absolute atomic E-state index is 12.5. The number of rotatable bonds is 5. The van der Waals surface area contributed by atoms with Gasteiger partial charge in [0.1, 0.15) is 12.4 Å². The lowest BCUT2D eigenvalue weighted by atomic mass is 10.2. The van der Waals surface area contributed by atoms with Crippen LogP contribution in [0, 0.1) is 6.92 Å². The molecule has 0 aliphatic carbocycles. The number of nitrogens with zero attached hydrogens (tertiary/aromatic N) is 1. The molecule has 0 aliphatic rings. The van der Waals surface area contributed by atoms with Crippen molar-refractivity contribution in [1.29, 1.82) is 0 Å². The number of carbonyl (C=O) groups is 1. The fraction of sp³-hybridized carbons (Fsp3) is 0.100. The summed E-state index contributed by atoms with van der Waals surface area (Å²) in [6.07, 6.45) is 0. The topological polar surface area (TPSA) is 51.2 Å². The molecule has 0 saturated carbocycles. The number of hydrogen-bond donors (Lipinski definition) is 1. The largest absolute Gasteiger partial charge is 0.487 e. The number of nitrogens with one attached hydrogen (secondary N) is 1. The number of carbonyl (C=O) groups excluding carboxylic acids is 1. The summed E-state index contributed by atoms with van der Waals surface area (Å²) in [5, 5.41) is 5.96. The first-order valence-electron chi connectivity index (χ1n) is 8.22. The number of aromatic nitrogens is 1. The van der Waals surface area contributed by atoms with E-state index in [1.54, 1.807) is 6.07 Å². The van der Waals surface area contributed by atoms with Crippen molar-refractivity contribution >= 4 is 55.5 Å². The Bertz CT molecular complexity index is 1120. The predicted molar refractivity (Wildman–Crippen MR) is 112 cm³/mol. The van der Waals surface area contributed by atoms with Gasteiger partial charge in [-0.25, -0.2) is 4.98 Å². The summed E-state index contributed by atoms with van der Waals surface area (Å²) in [6.45, 7) is 2.39. The minimum Gasteiger partial charge on any atom is -0.487 e. The summed E-state index contributed by atoms with van der Waals surface area (Å²) in [4.78, 5) is 17.6. The van der Waals surface area contributed by atoms with E-state index in [0.717, 1.165) is 15.8 Å². The second kappa shape index (κ2) is 7.68. The number of thiazole rings is 1. The number of halogens is 1. The molecule has 0 radical (unpaired) electrons. The maximum atomic E-state index is 12.5. The minimum atomic E-state index is -0.167. The molecule has 2 aromatic heterocycles. The van der Waals surface area contributed by atoms with E-state index in [1.165, 1.54) is 28.2 Å². The van der Waals surface area contributed by atoms with Gasteiger partial charge in [0.05, 0.1) is 20.1 Å². The molecule has 1 amide bonds. The van der Waals surface area contributed by atoms with Crippen molar-refractivity contribution in [3.8, 4) is 5.75 Å². The second-order valence-corrected chi connectivity index (χ2v) is 8.33. The number of ether oxygens (including phenoxy) is 1. The van der Waals surface area contributed by atoms with Gasteiger partial charge in [-0.1, -0.05) is 41.1 Å². The number of benzene rings is 2. The molecule has 1 N–H and O–H groups in total. The molecule has 0 atom stereocenters. The molecule has 7 heteroatoms. The number of hydrogen-bond acceptors (Lipinski definition) is 5. The number of aryl methyl sites for hydroxylation is 1. The van der Waals surface area contributed by atoms with Crippen LogP contribution in [-0.2, 0) is 6.61 Å². The van der Waals surface area contributed by atoms with Crippen molar-refractivity contribution < 1.29 is 9.53 Å². The van der Waals surface area contributed by atoms with Crippen LogP contribution in [0.2, 0.25) is 5.02 Å². The van der Waals surface area contributed by atoms with E-state index >= 15 is 0 Å². The number of anilines is 1. The summed E-state index contributed by atoms with van der Waals surface area (Å²) < 4.78 is 6.78. The maximum Gasteiger partial charge on any atom is 0.267 e. The van der Waals surface area contributed by atoms with E-state index in [0.29, 0.717) is 27.4 Å². The van der Waals surface area contributed by atoms with E-state index in [2.05, 4.69) is 16.4 Å².